The predicted molar refractivity (Wildman–Crippen MR) is 131 cm³/mol. The molecule has 0 aliphatic carbocycles. The number of ether oxygens (including phenoxy) is 3. The van der Waals surface area contributed by atoms with Gasteiger partial charge in [0.1, 0.15) is 0 Å². The maximum atomic E-state index is 13.3. The molecule has 4 aromatic carbocycles. The summed E-state index contributed by atoms with van der Waals surface area (Å²) in [4.78, 5) is 13.3. The maximum Gasteiger partial charge on any atom is 0.368 e. The highest BCUT2D eigenvalue weighted by Crippen LogP contribution is 2.33. The molecule has 0 unspecified atom stereocenters. The van der Waals surface area contributed by atoms with Crippen LogP contribution in [0.15, 0.2) is 96.4 Å². The number of hydrogen-bond acceptors (Lipinski definition) is 4. The van der Waals surface area contributed by atoms with Crippen LogP contribution in [0.4, 0.5) is 0 Å². The van der Waals surface area contributed by atoms with E-state index < -0.39 is 5.97 Å². The summed E-state index contributed by atoms with van der Waals surface area (Å²) in [6, 6.07) is 28.2. The SMILES string of the molecule is CCOC1(C)OC(=Cc2ccc3ccccc3c2)C(=O)C(=Cc2ccc3ccccc3c2)O1. The van der Waals surface area contributed by atoms with Crippen LogP contribution >= 0.6 is 0 Å². The first kappa shape index (κ1) is 21.0. The molecule has 0 amide bonds. The zero-order valence-corrected chi connectivity index (χ0v) is 18.6. The number of Topliss-reactive ketones (excluding diaryl/α,β-unsaturated/α-hetero) is 1. The molecule has 164 valence electrons. The third-order valence-corrected chi connectivity index (χ3v) is 5.59. The van der Waals surface area contributed by atoms with Gasteiger partial charge in [-0.2, -0.15) is 0 Å². The van der Waals surface area contributed by atoms with Crippen LogP contribution in [0.5, 0.6) is 0 Å². The van der Waals surface area contributed by atoms with Crippen LogP contribution in [-0.4, -0.2) is 18.4 Å². The first-order valence-electron chi connectivity index (χ1n) is 11.0. The molecule has 0 spiro atoms. The first-order chi connectivity index (χ1) is 16.0. The Balaban J connectivity index is 1.55. The number of benzene rings is 4. The Labute approximate surface area is 192 Å². The average molecular weight is 437 g/mol. The van der Waals surface area contributed by atoms with Crippen molar-refractivity contribution in [3.63, 3.8) is 0 Å². The molecule has 5 rings (SSSR count). The molecule has 1 saturated heterocycles. The van der Waals surface area contributed by atoms with Crippen molar-refractivity contribution < 1.29 is 19.0 Å². The molecule has 0 bridgehead atoms. The third-order valence-electron chi connectivity index (χ3n) is 5.59. The van der Waals surface area contributed by atoms with Crippen LogP contribution < -0.4 is 0 Å². The minimum absolute atomic E-state index is 0.180. The third kappa shape index (κ3) is 4.38. The molecule has 0 saturated carbocycles. The first-order valence-corrected chi connectivity index (χ1v) is 11.0. The molecule has 0 atom stereocenters. The zero-order chi connectivity index (χ0) is 22.8. The molecule has 0 radical (unpaired) electrons. The molecule has 4 heteroatoms. The van der Waals surface area contributed by atoms with Crippen LogP contribution in [0.1, 0.15) is 25.0 Å². The van der Waals surface area contributed by atoms with Crippen LogP contribution in [0, 0.1) is 0 Å². The van der Waals surface area contributed by atoms with Gasteiger partial charge in [0.25, 0.3) is 5.78 Å². The van der Waals surface area contributed by atoms with Gasteiger partial charge >= 0.3 is 5.97 Å². The summed E-state index contributed by atoms with van der Waals surface area (Å²) < 4.78 is 17.5. The minimum Gasteiger partial charge on any atom is -0.426 e. The van der Waals surface area contributed by atoms with Gasteiger partial charge in [-0.1, -0.05) is 72.8 Å². The highest BCUT2D eigenvalue weighted by Gasteiger charge is 2.41. The molecule has 1 heterocycles. The van der Waals surface area contributed by atoms with E-state index in [-0.39, 0.29) is 17.3 Å². The fourth-order valence-corrected chi connectivity index (χ4v) is 4.04. The zero-order valence-electron chi connectivity index (χ0n) is 18.6. The van der Waals surface area contributed by atoms with Gasteiger partial charge in [0, 0.05) is 6.92 Å². The second kappa shape index (κ2) is 8.57. The molecule has 1 fully saturated rings. The molecule has 4 aromatic rings. The van der Waals surface area contributed by atoms with E-state index in [2.05, 4.69) is 12.1 Å². The van der Waals surface area contributed by atoms with Crippen molar-refractivity contribution in [1.82, 2.24) is 0 Å². The summed E-state index contributed by atoms with van der Waals surface area (Å²) in [6.45, 7) is 3.90. The topological polar surface area (TPSA) is 44.8 Å². The smallest absolute Gasteiger partial charge is 0.368 e. The lowest BCUT2D eigenvalue weighted by Crippen LogP contribution is -2.42. The van der Waals surface area contributed by atoms with Gasteiger partial charge in [0.05, 0.1) is 6.61 Å². The molecule has 33 heavy (non-hydrogen) atoms. The Morgan fingerprint density at radius 1 is 0.727 bits per heavy atom. The van der Waals surface area contributed by atoms with E-state index in [1.807, 2.05) is 79.7 Å². The number of fused-ring (bicyclic) bond motifs is 2. The van der Waals surface area contributed by atoms with Gasteiger partial charge in [-0.15, -0.1) is 0 Å². The Kier molecular flexibility index (Phi) is 5.45. The molecule has 0 aromatic heterocycles. The largest absolute Gasteiger partial charge is 0.426 e. The van der Waals surface area contributed by atoms with E-state index in [4.69, 9.17) is 14.2 Å². The fourth-order valence-electron chi connectivity index (χ4n) is 4.04. The average Bonchev–Trinajstić information content (AvgIpc) is 2.82. The highest BCUT2D eigenvalue weighted by molar-refractivity contribution is 6.11. The van der Waals surface area contributed by atoms with E-state index in [0.717, 1.165) is 32.7 Å². The van der Waals surface area contributed by atoms with Crippen LogP contribution in [-0.2, 0) is 19.0 Å². The Morgan fingerprint density at radius 3 is 1.64 bits per heavy atom. The lowest BCUT2D eigenvalue weighted by molar-refractivity contribution is -0.343. The maximum absolute atomic E-state index is 13.3. The quantitative estimate of drug-likeness (QED) is 0.334. The van der Waals surface area contributed by atoms with Gasteiger partial charge < -0.3 is 14.2 Å². The second-order valence-electron chi connectivity index (χ2n) is 8.06. The number of ketones is 1. The van der Waals surface area contributed by atoms with E-state index >= 15 is 0 Å². The van der Waals surface area contributed by atoms with Crippen molar-refractivity contribution in [3.05, 3.63) is 108 Å². The molecule has 0 N–H and O–H groups in total. The molecule has 1 aliphatic rings. The summed E-state index contributed by atoms with van der Waals surface area (Å²) in [5, 5.41) is 4.45. The standard InChI is InChI=1S/C29H24O4/c1-3-31-29(2)32-26(18-20-12-14-22-8-4-6-10-24(22)16-20)28(30)27(33-29)19-21-13-15-23-9-5-7-11-25(23)17-21/h4-19H,3H2,1-2H3. The van der Waals surface area contributed by atoms with Gasteiger partial charge in [-0.05, 0) is 63.9 Å². The highest BCUT2D eigenvalue weighted by atomic mass is 16.9. The van der Waals surface area contributed by atoms with Crippen molar-refractivity contribution in [2.75, 3.05) is 6.61 Å². The lowest BCUT2D eigenvalue weighted by Gasteiger charge is -2.35. The van der Waals surface area contributed by atoms with Crippen LogP contribution in [0.2, 0.25) is 0 Å². The second-order valence-corrected chi connectivity index (χ2v) is 8.06. The normalized spacial score (nSPS) is 20.8. The molecular weight excluding hydrogens is 412 g/mol. The van der Waals surface area contributed by atoms with Crippen molar-refractivity contribution in [2.45, 2.75) is 19.8 Å². The Morgan fingerprint density at radius 2 is 1.18 bits per heavy atom. The van der Waals surface area contributed by atoms with Gasteiger partial charge in [-0.3, -0.25) is 4.79 Å². The van der Waals surface area contributed by atoms with E-state index in [0.29, 0.717) is 6.61 Å². The van der Waals surface area contributed by atoms with Gasteiger partial charge in [-0.25, -0.2) is 0 Å². The van der Waals surface area contributed by atoms with E-state index in [9.17, 15) is 4.79 Å². The van der Waals surface area contributed by atoms with Crippen molar-refractivity contribution in [1.29, 1.82) is 0 Å². The summed E-state index contributed by atoms with van der Waals surface area (Å²) in [5.41, 5.74) is 1.73. The van der Waals surface area contributed by atoms with Gasteiger partial charge in [0.2, 0.25) is 0 Å². The summed E-state index contributed by atoms with van der Waals surface area (Å²) >= 11 is 0. The van der Waals surface area contributed by atoms with Crippen molar-refractivity contribution >= 4 is 39.5 Å². The molecule has 1 aliphatic heterocycles. The number of carbonyl (C=O) groups excluding carboxylic acids is 1. The van der Waals surface area contributed by atoms with Crippen LogP contribution in [0.25, 0.3) is 33.7 Å². The molecule has 4 nitrogen and oxygen atoms in total. The summed E-state index contributed by atoms with van der Waals surface area (Å²) in [7, 11) is 0. The molecular formula is C29H24O4. The van der Waals surface area contributed by atoms with Crippen molar-refractivity contribution in [2.24, 2.45) is 0 Å². The number of hydrogen-bond donors (Lipinski definition) is 0. The van der Waals surface area contributed by atoms with Crippen molar-refractivity contribution in [3.8, 4) is 0 Å². The van der Waals surface area contributed by atoms with Gasteiger partial charge in [0.15, 0.2) is 11.5 Å². The van der Waals surface area contributed by atoms with Crippen LogP contribution in [0.3, 0.4) is 0 Å². The monoisotopic (exact) mass is 436 g/mol. The predicted octanol–water partition coefficient (Wildman–Crippen LogP) is 6.70. The summed E-state index contributed by atoms with van der Waals surface area (Å²) in [6.07, 6.45) is 3.48. The Hall–Kier alpha value is -3.89. The lowest BCUT2D eigenvalue weighted by atomic mass is 10.0. The minimum atomic E-state index is -1.39. The van der Waals surface area contributed by atoms with E-state index in [1.54, 1.807) is 19.1 Å². The number of carbonyl (C=O) groups is 1. The fraction of sp³-hybridized carbons (Fsp3) is 0.138. The number of rotatable bonds is 4. The summed E-state index contributed by atoms with van der Waals surface area (Å²) in [5.74, 6) is -1.36. The Bertz CT molecular complexity index is 1310. The van der Waals surface area contributed by atoms with E-state index in [1.165, 1.54) is 0 Å².